The fraction of sp³-hybridized carbons (Fsp3) is 0.538. The van der Waals surface area contributed by atoms with Crippen LogP contribution in [0.1, 0.15) is 31.9 Å². The lowest BCUT2D eigenvalue weighted by Crippen LogP contribution is -2.19. The minimum Gasteiger partial charge on any atom is -0.474 e. The van der Waals surface area contributed by atoms with E-state index in [0.717, 1.165) is 28.9 Å². The van der Waals surface area contributed by atoms with Gasteiger partial charge in [0.15, 0.2) is 0 Å². The van der Waals surface area contributed by atoms with E-state index in [-0.39, 0.29) is 0 Å². The molecule has 2 heterocycles. The van der Waals surface area contributed by atoms with E-state index in [1.165, 1.54) is 12.8 Å². The first-order valence-corrected chi connectivity index (χ1v) is 6.22. The van der Waals surface area contributed by atoms with Gasteiger partial charge in [-0.3, -0.25) is 5.10 Å². The van der Waals surface area contributed by atoms with Gasteiger partial charge in [-0.15, -0.1) is 0 Å². The number of rotatable bonds is 2. The van der Waals surface area contributed by atoms with Gasteiger partial charge in [-0.2, -0.15) is 5.10 Å². The van der Waals surface area contributed by atoms with Gasteiger partial charge in [-0.05, 0) is 38.2 Å². The van der Waals surface area contributed by atoms with Crippen molar-refractivity contribution < 1.29 is 4.74 Å². The molecule has 0 aromatic carbocycles. The molecule has 17 heavy (non-hydrogen) atoms. The first-order valence-electron chi connectivity index (χ1n) is 6.22. The molecular weight excluding hydrogens is 214 g/mol. The van der Waals surface area contributed by atoms with Gasteiger partial charge >= 0.3 is 0 Å². The monoisotopic (exact) mass is 231 g/mol. The van der Waals surface area contributed by atoms with Crippen LogP contribution >= 0.6 is 0 Å². The van der Waals surface area contributed by atoms with Gasteiger partial charge in [0.25, 0.3) is 0 Å². The molecule has 1 saturated carbocycles. The molecule has 0 amide bonds. The van der Waals surface area contributed by atoms with Gasteiger partial charge < -0.3 is 4.74 Å². The van der Waals surface area contributed by atoms with Crippen LogP contribution in [0.4, 0.5) is 0 Å². The Kier molecular flexibility index (Phi) is 2.50. The number of aromatic amines is 1. The van der Waals surface area contributed by atoms with Crippen LogP contribution in [-0.4, -0.2) is 21.3 Å². The number of aryl methyl sites for hydroxylation is 1. The molecule has 0 bridgehead atoms. The van der Waals surface area contributed by atoms with Crippen molar-refractivity contribution in [1.82, 2.24) is 15.2 Å². The molecule has 3 rings (SSSR count). The minimum absolute atomic E-state index is 0.308. The first-order chi connectivity index (χ1) is 8.25. The normalized spacial score (nSPS) is 24.4. The highest BCUT2D eigenvalue weighted by molar-refractivity contribution is 5.85. The fourth-order valence-corrected chi connectivity index (χ4v) is 2.60. The van der Waals surface area contributed by atoms with Gasteiger partial charge in [-0.25, -0.2) is 4.98 Å². The number of nitrogens with zero attached hydrogens (tertiary/aromatic N) is 2. The van der Waals surface area contributed by atoms with E-state index in [9.17, 15) is 0 Å². The molecule has 0 saturated heterocycles. The Morgan fingerprint density at radius 1 is 1.41 bits per heavy atom. The van der Waals surface area contributed by atoms with Crippen LogP contribution in [0.15, 0.2) is 12.3 Å². The molecule has 1 N–H and O–H groups in total. The number of H-pyrrole nitrogens is 1. The predicted molar refractivity (Wildman–Crippen MR) is 66.1 cm³/mol. The fourth-order valence-electron chi connectivity index (χ4n) is 2.60. The number of fused-ring (bicyclic) bond motifs is 1. The molecule has 4 heteroatoms. The summed E-state index contributed by atoms with van der Waals surface area (Å²) in [6.45, 7) is 4.25. The molecule has 2 aromatic heterocycles. The van der Waals surface area contributed by atoms with Crippen molar-refractivity contribution in [3.05, 3.63) is 18.0 Å². The molecule has 4 nitrogen and oxygen atoms in total. The zero-order valence-electron chi connectivity index (χ0n) is 10.2. The molecule has 0 unspecified atom stereocenters. The standard InChI is InChI=1S/C13H17N3O/c1-8-4-3-5-11(8)17-13-12-9(2)15-16-10(12)6-7-14-13/h6-8,11H,3-5H2,1-2H3,(H,15,16)/t8-,11+/m1/s1. The first kappa shape index (κ1) is 10.6. The van der Waals surface area contributed by atoms with E-state index < -0.39 is 0 Å². The average Bonchev–Trinajstić information content (AvgIpc) is 2.88. The lowest BCUT2D eigenvalue weighted by Gasteiger charge is -2.17. The van der Waals surface area contributed by atoms with E-state index in [1.54, 1.807) is 6.20 Å². The van der Waals surface area contributed by atoms with Crippen LogP contribution < -0.4 is 4.74 Å². The van der Waals surface area contributed by atoms with Crippen LogP contribution in [0.3, 0.4) is 0 Å². The highest BCUT2D eigenvalue weighted by Crippen LogP contribution is 2.32. The lowest BCUT2D eigenvalue weighted by atomic mass is 10.1. The summed E-state index contributed by atoms with van der Waals surface area (Å²) in [7, 11) is 0. The number of ether oxygens (including phenoxy) is 1. The molecular formula is C13H17N3O. The maximum atomic E-state index is 6.07. The molecule has 0 spiro atoms. The van der Waals surface area contributed by atoms with Gasteiger partial charge in [0.05, 0.1) is 10.9 Å². The topological polar surface area (TPSA) is 50.8 Å². The number of hydrogen-bond donors (Lipinski definition) is 1. The van der Waals surface area contributed by atoms with Crippen LogP contribution in [0.5, 0.6) is 5.88 Å². The highest BCUT2D eigenvalue weighted by atomic mass is 16.5. The van der Waals surface area contributed by atoms with Crippen molar-refractivity contribution in [3.63, 3.8) is 0 Å². The summed E-state index contributed by atoms with van der Waals surface area (Å²) in [5.74, 6) is 1.35. The smallest absolute Gasteiger partial charge is 0.225 e. The summed E-state index contributed by atoms with van der Waals surface area (Å²) in [6.07, 6.45) is 5.72. The SMILES string of the molecule is Cc1[nH]nc2ccnc(O[C@H]3CCC[C@H]3C)c12. The van der Waals surface area contributed by atoms with Crippen molar-refractivity contribution in [2.24, 2.45) is 5.92 Å². The third kappa shape index (κ3) is 1.77. The third-order valence-corrected chi connectivity index (χ3v) is 3.66. The molecule has 1 fully saturated rings. The predicted octanol–water partition coefficient (Wildman–Crippen LogP) is 2.83. The van der Waals surface area contributed by atoms with E-state index in [1.807, 2.05) is 13.0 Å². The van der Waals surface area contributed by atoms with Gasteiger partial charge in [0.2, 0.25) is 5.88 Å². The van der Waals surface area contributed by atoms with Crippen molar-refractivity contribution in [2.75, 3.05) is 0 Å². The maximum absolute atomic E-state index is 6.07. The number of aromatic nitrogens is 3. The molecule has 1 aliphatic carbocycles. The number of pyridine rings is 1. The van der Waals surface area contributed by atoms with Crippen LogP contribution in [0, 0.1) is 12.8 Å². The summed E-state index contributed by atoms with van der Waals surface area (Å²) < 4.78 is 6.07. The zero-order valence-corrected chi connectivity index (χ0v) is 10.2. The summed E-state index contributed by atoms with van der Waals surface area (Å²) in [4.78, 5) is 4.36. The zero-order chi connectivity index (χ0) is 11.8. The second-order valence-corrected chi connectivity index (χ2v) is 4.92. The maximum Gasteiger partial charge on any atom is 0.225 e. The molecule has 2 aromatic rings. The quantitative estimate of drug-likeness (QED) is 0.864. The van der Waals surface area contributed by atoms with Crippen molar-refractivity contribution in [1.29, 1.82) is 0 Å². The van der Waals surface area contributed by atoms with Gasteiger partial charge in [0.1, 0.15) is 6.10 Å². The molecule has 0 aliphatic heterocycles. The number of nitrogens with one attached hydrogen (secondary N) is 1. The van der Waals surface area contributed by atoms with Crippen LogP contribution in [0.25, 0.3) is 10.9 Å². The van der Waals surface area contributed by atoms with Crippen molar-refractivity contribution in [2.45, 2.75) is 39.2 Å². The van der Waals surface area contributed by atoms with E-state index in [0.29, 0.717) is 12.0 Å². The highest BCUT2D eigenvalue weighted by Gasteiger charge is 2.26. The summed E-state index contributed by atoms with van der Waals surface area (Å²) >= 11 is 0. The Bertz CT molecular complexity index is 534. The lowest BCUT2D eigenvalue weighted by molar-refractivity contribution is 0.163. The van der Waals surface area contributed by atoms with Crippen LogP contribution in [-0.2, 0) is 0 Å². The summed E-state index contributed by atoms with van der Waals surface area (Å²) in [5, 5.41) is 8.23. The Balaban J connectivity index is 1.97. The molecule has 90 valence electrons. The van der Waals surface area contributed by atoms with E-state index in [4.69, 9.17) is 4.74 Å². The average molecular weight is 231 g/mol. The second kappa shape index (κ2) is 4.02. The number of hydrogen-bond acceptors (Lipinski definition) is 3. The molecule has 1 aliphatic rings. The Morgan fingerprint density at radius 3 is 3.06 bits per heavy atom. The largest absolute Gasteiger partial charge is 0.474 e. The second-order valence-electron chi connectivity index (χ2n) is 4.92. The van der Waals surface area contributed by atoms with Crippen molar-refractivity contribution >= 4 is 10.9 Å². The van der Waals surface area contributed by atoms with Gasteiger partial charge in [0, 0.05) is 11.9 Å². The van der Waals surface area contributed by atoms with Crippen molar-refractivity contribution in [3.8, 4) is 5.88 Å². The van der Waals surface area contributed by atoms with E-state index >= 15 is 0 Å². The molecule has 2 atom stereocenters. The third-order valence-electron chi connectivity index (χ3n) is 3.66. The van der Waals surface area contributed by atoms with Crippen LogP contribution in [0.2, 0.25) is 0 Å². The van der Waals surface area contributed by atoms with Gasteiger partial charge in [-0.1, -0.05) is 6.92 Å². The summed E-state index contributed by atoms with van der Waals surface area (Å²) in [5.41, 5.74) is 1.95. The molecule has 0 radical (unpaired) electrons. The minimum atomic E-state index is 0.308. The van der Waals surface area contributed by atoms with E-state index in [2.05, 4.69) is 22.1 Å². The Labute approximate surface area is 100 Å². The summed E-state index contributed by atoms with van der Waals surface area (Å²) in [6, 6.07) is 1.91. The Morgan fingerprint density at radius 2 is 2.29 bits per heavy atom. The Hall–Kier alpha value is -1.58.